The number of nitrogen functional groups attached to an aromatic ring is 1. The molecule has 0 unspecified atom stereocenters. The number of carbonyl (C=O) groups excluding carboxylic acids is 1. The lowest BCUT2D eigenvalue weighted by Crippen LogP contribution is -2.15. The summed E-state index contributed by atoms with van der Waals surface area (Å²) in [4.78, 5) is 12.3. The van der Waals surface area contributed by atoms with Crippen LogP contribution in [-0.2, 0) is 11.2 Å². The van der Waals surface area contributed by atoms with Crippen molar-refractivity contribution in [1.82, 2.24) is 0 Å². The molecule has 3 N–H and O–H groups in total. The van der Waals surface area contributed by atoms with Gasteiger partial charge in [0.25, 0.3) is 5.76 Å². The molecule has 0 saturated heterocycles. The maximum Gasteiger partial charge on any atom is 0.288 e. The summed E-state index contributed by atoms with van der Waals surface area (Å²) in [6.07, 6.45) is 0.0976. The highest BCUT2D eigenvalue weighted by Gasteiger charge is 2.12. The van der Waals surface area contributed by atoms with Gasteiger partial charge in [-0.1, -0.05) is 42.1 Å². The predicted octanol–water partition coefficient (Wildman–Crippen LogP) is 3.76. The van der Waals surface area contributed by atoms with Crippen LogP contribution in [0.4, 0.5) is 20.2 Å². The van der Waals surface area contributed by atoms with Crippen LogP contribution < -0.4 is 11.1 Å². The normalized spacial score (nSPS) is 10.6. The van der Waals surface area contributed by atoms with Crippen LogP contribution in [0.25, 0.3) is 0 Å². The predicted molar refractivity (Wildman–Crippen MR) is 81.5 cm³/mol. The summed E-state index contributed by atoms with van der Waals surface area (Å²) in [7, 11) is 0. The van der Waals surface area contributed by atoms with Crippen molar-refractivity contribution in [2.24, 2.45) is 0 Å². The standard InChI is InChI=1S/C15H14F2N2OS/c16-15(17)21-13-8-4-3-7-12(13)19-14(20)9-10-5-1-2-6-11(10)18/h1-8,15H,9,18H2,(H,19,20). The minimum atomic E-state index is -2.53. The maximum absolute atomic E-state index is 12.5. The number of nitrogens with two attached hydrogens (primary N) is 1. The van der Waals surface area contributed by atoms with E-state index in [0.717, 1.165) is 0 Å². The lowest BCUT2D eigenvalue weighted by Gasteiger charge is -2.11. The first-order valence-corrected chi connectivity index (χ1v) is 7.11. The summed E-state index contributed by atoms with van der Waals surface area (Å²) in [5.41, 5.74) is 7.39. The lowest BCUT2D eigenvalue weighted by molar-refractivity contribution is -0.115. The van der Waals surface area contributed by atoms with E-state index in [1.165, 1.54) is 0 Å². The van der Waals surface area contributed by atoms with Crippen molar-refractivity contribution in [2.75, 3.05) is 11.1 Å². The van der Waals surface area contributed by atoms with Gasteiger partial charge in [-0.15, -0.1) is 0 Å². The molecule has 0 bridgehead atoms. The molecule has 0 heterocycles. The lowest BCUT2D eigenvalue weighted by atomic mass is 10.1. The van der Waals surface area contributed by atoms with Crippen molar-refractivity contribution in [3.05, 3.63) is 54.1 Å². The van der Waals surface area contributed by atoms with E-state index in [1.54, 1.807) is 48.5 Å². The molecule has 0 aliphatic carbocycles. The zero-order valence-electron chi connectivity index (χ0n) is 11.1. The molecule has 2 aromatic rings. The fourth-order valence-corrected chi connectivity index (χ4v) is 2.43. The molecular weight excluding hydrogens is 294 g/mol. The molecule has 0 aromatic heterocycles. The van der Waals surface area contributed by atoms with E-state index >= 15 is 0 Å². The quantitative estimate of drug-likeness (QED) is 0.653. The third-order valence-corrected chi connectivity index (χ3v) is 3.57. The van der Waals surface area contributed by atoms with Crippen LogP contribution in [0, 0.1) is 0 Å². The number of nitrogens with one attached hydrogen (secondary N) is 1. The van der Waals surface area contributed by atoms with Gasteiger partial charge in [0.15, 0.2) is 0 Å². The van der Waals surface area contributed by atoms with Gasteiger partial charge in [-0.05, 0) is 23.8 Å². The van der Waals surface area contributed by atoms with Crippen LogP contribution in [-0.4, -0.2) is 11.7 Å². The Labute approximate surface area is 125 Å². The van der Waals surface area contributed by atoms with Crippen molar-refractivity contribution >= 4 is 29.0 Å². The van der Waals surface area contributed by atoms with Gasteiger partial charge in [0.2, 0.25) is 5.91 Å². The number of benzene rings is 2. The topological polar surface area (TPSA) is 55.1 Å². The Morgan fingerprint density at radius 2 is 1.81 bits per heavy atom. The fraction of sp³-hybridized carbons (Fsp3) is 0.133. The highest BCUT2D eigenvalue weighted by Crippen LogP contribution is 2.31. The number of halogens is 2. The molecule has 2 aromatic carbocycles. The largest absolute Gasteiger partial charge is 0.398 e. The van der Waals surface area contributed by atoms with E-state index in [4.69, 9.17) is 5.73 Å². The second kappa shape index (κ2) is 7.08. The summed E-state index contributed by atoms with van der Waals surface area (Å²) < 4.78 is 24.9. The number of hydrogen-bond donors (Lipinski definition) is 2. The molecule has 6 heteroatoms. The van der Waals surface area contributed by atoms with E-state index in [-0.39, 0.29) is 12.3 Å². The minimum Gasteiger partial charge on any atom is -0.398 e. The molecule has 110 valence electrons. The zero-order valence-corrected chi connectivity index (χ0v) is 11.9. The second-order valence-electron chi connectivity index (χ2n) is 4.30. The first-order chi connectivity index (χ1) is 10.1. The van der Waals surface area contributed by atoms with Gasteiger partial charge in [0, 0.05) is 10.6 Å². The van der Waals surface area contributed by atoms with Crippen molar-refractivity contribution in [1.29, 1.82) is 0 Å². The number of para-hydroxylation sites is 2. The summed E-state index contributed by atoms with van der Waals surface area (Å²) in [5, 5.41) is 2.64. The number of thioether (sulfide) groups is 1. The Kier molecular flexibility index (Phi) is 5.16. The monoisotopic (exact) mass is 308 g/mol. The van der Waals surface area contributed by atoms with E-state index in [0.29, 0.717) is 33.6 Å². The minimum absolute atomic E-state index is 0.0976. The molecule has 21 heavy (non-hydrogen) atoms. The van der Waals surface area contributed by atoms with Gasteiger partial charge in [-0.3, -0.25) is 4.79 Å². The van der Waals surface area contributed by atoms with Crippen molar-refractivity contribution in [3.8, 4) is 0 Å². The maximum atomic E-state index is 12.5. The Hall–Kier alpha value is -2.08. The van der Waals surface area contributed by atoms with Gasteiger partial charge < -0.3 is 11.1 Å². The smallest absolute Gasteiger partial charge is 0.288 e. The van der Waals surface area contributed by atoms with Crippen LogP contribution >= 0.6 is 11.8 Å². The molecule has 0 atom stereocenters. The average Bonchev–Trinajstić information content (AvgIpc) is 2.43. The molecule has 3 nitrogen and oxygen atoms in total. The molecule has 0 radical (unpaired) electrons. The van der Waals surface area contributed by atoms with E-state index in [2.05, 4.69) is 5.32 Å². The number of alkyl halides is 2. The number of anilines is 2. The molecular formula is C15H14F2N2OS. The summed E-state index contributed by atoms with van der Waals surface area (Å²) in [6.45, 7) is 0. The van der Waals surface area contributed by atoms with Crippen molar-refractivity contribution in [2.45, 2.75) is 17.1 Å². The Balaban J connectivity index is 2.08. The third-order valence-electron chi connectivity index (χ3n) is 2.78. The highest BCUT2D eigenvalue weighted by molar-refractivity contribution is 7.99. The number of amides is 1. The van der Waals surface area contributed by atoms with Crippen molar-refractivity contribution in [3.63, 3.8) is 0 Å². The van der Waals surface area contributed by atoms with Crippen LogP contribution in [0.5, 0.6) is 0 Å². The molecule has 0 saturated carbocycles. The average molecular weight is 308 g/mol. The molecule has 1 amide bonds. The van der Waals surface area contributed by atoms with Crippen LogP contribution in [0.3, 0.4) is 0 Å². The van der Waals surface area contributed by atoms with Gasteiger partial charge in [0.1, 0.15) is 0 Å². The zero-order chi connectivity index (χ0) is 15.2. The number of carbonyl (C=O) groups is 1. The first-order valence-electron chi connectivity index (χ1n) is 6.23. The highest BCUT2D eigenvalue weighted by atomic mass is 32.2. The Bertz CT molecular complexity index is 635. The van der Waals surface area contributed by atoms with Gasteiger partial charge in [0.05, 0.1) is 12.1 Å². The molecule has 0 aliphatic rings. The van der Waals surface area contributed by atoms with Crippen LogP contribution in [0.1, 0.15) is 5.56 Å². The van der Waals surface area contributed by atoms with Gasteiger partial charge in [-0.25, -0.2) is 0 Å². The van der Waals surface area contributed by atoms with Crippen LogP contribution in [0.15, 0.2) is 53.4 Å². The van der Waals surface area contributed by atoms with E-state index in [9.17, 15) is 13.6 Å². The van der Waals surface area contributed by atoms with Crippen LogP contribution in [0.2, 0.25) is 0 Å². The third kappa shape index (κ3) is 4.46. The molecule has 0 fully saturated rings. The number of rotatable bonds is 5. The van der Waals surface area contributed by atoms with Gasteiger partial charge >= 0.3 is 0 Å². The van der Waals surface area contributed by atoms with E-state index in [1.807, 2.05) is 0 Å². The van der Waals surface area contributed by atoms with Crippen molar-refractivity contribution < 1.29 is 13.6 Å². The SMILES string of the molecule is Nc1ccccc1CC(=O)Nc1ccccc1SC(F)F. The number of hydrogen-bond acceptors (Lipinski definition) is 3. The first kappa shape index (κ1) is 15.3. The Morgan fingerprint density at radius 1 is 1.14 bits per heavy atom. The molecule has 0 spiro atoms. The van der Waals surface area contributed by atoms with Gasteiger partial charge in [-0.2, -0.15) is 8.78 Å². The molecule has 0 aliphatic heterocycles. The Morgan fingerprint density at radius 3 is 2.52 bits per heavy atom. The van der Waals surface area contributed by atoms with E-state index < -0.39 is 5.76 Å². The fourth-order valence-electron chi connectivity index (χ4n) is 1.83. The molecule has 2 rings (SSSR count). The summed E-state index contributed by atoms with van der Waals surface area (Å²) in [6, 6.07) is 13.5. The summed E-state index contributed by atoms with van der Waals surface area (Å²) in [5.74, 6) is -2.83. The second-order valence-corrected chi connectivity index (χ2v) is 5.33. The summed E-state index contributed by atoms with van der Waals surface area (Å²) >= 11 is 0.404.